The topological polar surface area (TPSA) is 38.9 Å². The minimum Gasteiger partial charge on any atom is -0.320 e. The number of hydrogen-bond donors (Lipinski definition) is 1. The summed E-state index contributed by atoms with van der Waals surface area (Å²) in [6.45, 7) is 0. The summed E-state index contributed by atoms with van der Waals surface area (Å²) in [4.78, 5) is 4.42. The molecule has 4 heteroatoms. The zero-order valence-corrected chi connectivity index (χ0v) is 12.1. The van der Waals surface area contributed by atoms with Crippen LogP contribution in [0.15, 0.2) is 54.7 Å². The number of hydrogen-bond acceptors (Lipinski definition) is 2. The molecule has 0 bridgehead atoms. The molecule has 1 unspecified atom stereocenters. The average molecular weight is 303 g/mol. The van der Waals surface area contributed by atoms with E-state index in [2.05, 4.69) is 4.98 Å². The summed E-state index contributed by atoms with van der Waals surface area (Å²) in [5, 5.41) is 2.18. The second kappa shape index (κ2) is 5.41. The summed E-state index contributed by atoms with van der Waals surface area (Å²) in [6.07, 6.45) is 1.76. The normalized spacial score (nSPS) is 12.6. The lowest BCUT2D eigenvalue weighted by Crippen LogP contribution is -2.13. The van der Waals surface area contributed by atoms with Crippen LogP contribution in [0.1, 0.15) is 17.2 Å². The highest BCUT2D eigenvalue weighted by Gasteiger charge is 2.18. The standard InChI is InChI=1S/C16H12Cl2N2/c17-12-7-2-8-13(18)14(12)15(19)11-6-1-4-10-5-3-9-20-16(10)11/h1-9,15H,19H2. The van der Waals surface area contributed by atoms with Crippen molar-refractivity contribution in [2.45, 2.75) is 6.04 Å². The van der Waals surface area contributed by atoms with Gasteiger partial charge in [0.2, 0.25) is 0 Å². The van der Waals surface area contributed by atoms with Crippen LogP contribution in [0.25, 0.3) is 10.9 Å². The molecule has 0 aliphatic rings. The largest absolute Gasteiger partial charge is 0.320 e. The number of rotatable bonds is 2. The number of halogens is 2. The molecule has 0 radical (unpaired) electrons. The minimum absolute atomic E-state index is 0.408. The van der Waals surface area contributed by atoms with E-state index in [1.807, 2.05) is 36.4 Å². The fourth-order valence-corrected chi connectivity index (χ4v) is 2.97. The maximum atomic E-state index is 6.38. The first-order chi connectivity index (χ1) is 9.68. The molecular weight excluding hydrogens is 291 g/mol. The fraction of sp³-hybridized carbons (Fsp3) is 0.0625. The van der Waals surface area contributed by atoms with Crippen molar-refractivity contribution in [3.63, 3.8) is 0 Å². The van der Waals surface area contributed by atoms with E-state index in [1.54, 1.807) is 18.3 Å². The van der Waals surface area contributed by atoms with Crippen molar-refractivity contribution in [1.29, 1.82) is 0 Å². The first kappa shape index (κ1) is 13.4. The van der Waals surface area contributed by atoms with Crippen LogP contribution in [0.4, 0.5) is 0 Å². The lowest BCUT2D eigenvalue weighted by Gasteiger charge is -2.17. The number of aromatic nitrogens is 1. The molecule has 1 atom stereocenters. The number of nitrogens with zero attached hydrogens (tertiary/aromatic N) is 1. The van der Waals surface area contributed by atoms with Gasteiger partial charge >= 0.3 is 0 Å². The van der Waals surface area contributed by atoms with Crippen molar-refractivity contribution < 1.29 is 0 Å². The Kier molecular flexibility index (Phi) is 3.62. The Morgan fingerprint density at radius 2 is 1.55 bits per heavy atom. The Morgan fingerprint density at radius 1 is 0.900 bits per heavy atom. The van der Waals surface area contributed by atoms with E-state index in [0.717, 1.165) is 22.0 Å². The van der Waals surface area contributed by atoms with Crippen molar-refractivity contribution in [3.05, 3.63) is 75.9 Å². The maximum absolute atomic E-state index is 6.38. The van der Waals surface area contributed by atoms with Crippen LogP contribution in [0.2, 0.25) is 10.0 Å². The van der Waals surface area contributed by atoms with E-state index in [9.17, 15) is 0 Å². The molecule has 0 saturated carbocycles. The van der Waals surface area contributed by atoms with Gasteiger partial charge in [0.1, 0.15) is 0 Å². The van der Waals surface area contributed by atoms with Crippen LogP contribution in [0.5, 0.6) is 0 Å². The molecule has 0 aliphatic carbocycles. The summed E-state index contributed by atoms with van der Waals surface area (Å²) in [6, 6.07) is 14.8. The predicted molar refractivity (Wildman–Crippen MR) is 84.2 cm³/mol. The van der Waals surface area contributed by atoms with Gasteiger partial charge in [-0.1, -0.05) is 53.5 Å². The third-order valence-electron chi connectivity index (χ3n) is 3.31. The lowest BCUT2D eigenvalue weighted by atomic mass is 9.97. The molecule has 1 aromatic heterocycles. The van der Waals surface area contributed by atoms with E-state index in [4.69, 9.17) is 28.9 Å². The smallest absolute Gasteiger partial charge is 0.0753 e. The Balaban J connectivity index is 2.21. The van der Waals surface area contributed by atoms with Gasteiger partial charge in [-0.15, -0.1) is 0 Å². The van der Waals surface area contributed by atoms with Crippen molar-refractivity contribution in [3.8, 4) is 0 Å². The van der Waals surface area contributed by atoms with Gasteiger partial charge in [0.15, 0.2) is 0 Å². The molecule has 100 valence electrons. The highest BCUT2D eigenvalue weighted by molar-refractivity contribution is 6.36. The van der Waals surface area contributed by atoms with Gasteiger partial charge < -0.3 is 5.73 Å². The van der Waals surface area contributed by atoms with E-state index < -0.39 is 6.04 Å². The lowest BCUT2D eigenvalue weighted by molar-refractivity contribution is 0.878. The third-order valence-corrected chi connectivity index (χ3v) is 3.97. The molecule has 20 heavy (non-hydrogen) atoms. The number of nitrogens with two attached hydrogens (primary N) is 1. The van der Waals surface area contributed by atoms with Crippen LogP contribution >= 0.6 is 23.2 Å². The Labute approximate surface area is 127 Å². The SMILES string of the molecule is NC(c1c(Cl)cccc1Cl)c1cccc2cccnc12. The first-order valence-corrected chi connectivity index (χ1v) is 6.97. The van der Waals surface area contributed by atoms with Gasteiger partial charge in [-0.3, -0.25) is 4.98 Å². The Morgan fingerprint density at radius 3 is 2.30 bits per heavy atom. The first-order valence-electron chi connectivity index (χ1n) is 6.21. The molecule has 0 amide bonds. The second-order valence-electron chi connectivity index (χ2n) is 4.54. The van der Waals surface area contributed by atoms with E-state index >= 15 is 0 Å². The molecular formula is C16H12Cl2N2. The van der Waals surface area contributed by atoms with Gasteiger partial charge in [-0.2, -0.15) is 0 Å². The van der Waals surface area contributed by atoms with Gasteiger partial charge in [0.25, 0.3) is 0 Å². The number of benzene rings is 2. The van der Waals surface area contributed by atoms with Crippen LogP contribution in [-0.4, -0.2) is 4.98 Å². The molecule has 2 nitrogen and oxygen atoms in total. The van der Waals surface area contributed by atoms with Gasteiger partial charge in [0, 0.05) is 27.2 Å². The van der Waals surface area contributed by atoms with Gasteiger partial charge in [-0.05, 0) is 23.8 Å². The third kappa shape index (κ3) is 2.27. The van der Waals surface area contributed by atoms with E-state index in [-0.39, 0.29) is 0 Å². The second-order valence-corrected chi connectivity index (χ2v) is 5.35. The molecule has 2 aromatic carbocycles. The monoisotopic (exact) mass is 302 g/mol. The van der Waals surface area contributed by atoms with Crippen molar-refractivity contribution >= 4 is 34.1 Å². The van der Waals surface area contributed by atoms with Crippen LogP contribution in [-0.2, 0) is 0 Å². The van der Waals surface area contributed by atoms with Crippen molar-refractivity contribution in [2.75, 3.05) is 0 Å². The zero-order chi connectivity index (χ0) is 14.1. The van der Waals surface area contributed by atoms with Crippen molar-refractivity contribution in [2.24, 2.45) is 5.73 Å². The van der Waals surface area contributed by atoms with Crippen molar-refractivity contribution in [1.82, 2.24) is 4.98 Å². The van der Waals surface area contributed by atoms with Crippen LogP contribution in [0, 0.1) is 0 Å². The highest BCUT2D eigenvalue weighted by Crippen LogP contribution is 2.34. The quantitative estimate of drug-likeness (QED) is 0.752. The fourth-order valence-electron chi connectivity index (χ4n) is 2.34. The number of fused-ring (bicyclic) bond motifs is 1. The van der Waals surface area contributed by atoms with Gasteiger partial charge in [-0.25, -0.2) is 0 Å². The molecule has 3 rings (SSSR count). The summed E-state index contributed by atoms with van der Waals surface area (Å²) >= 11 is 12.5. The number of pyridine rings is 1. The predicted octanol–water partition coefficient (Wildman–Crippen LogP) is 4.59. The minimum atomic E-state index is -0.408. The molecule has 3 aromatic rings. The number of para-hydroxylation sites is 1. The molecule has 0 spiro atoms. The summed E-state index contributed by atoms with van der Waals surface area (Å²) in [5.41, 5.74) is 8.89. The zero-order valence-electron chi connectivity index (χ0n) is 10.6. The molecule has 2 N–H and O–H groups in total. The van der Waals surface area contributed by atoms with E-state index in [0.29, 0.717) is 10.0 Å². The maximum Gasteiger partial charge on any atom is 0.0753 e. The summed E-state index contributed by atoms with van der Waals surface area (Å²) in [7, 11) is 0. The van der Waals surface area contributed by atoms with Crippen LogP contribution in [0.3, 0.4) is 0 Å². The summed E-state index contributed by atoms with van der Waals surface area (Å²) < 4.78 is 0. The molecule has 0 aliphatic heterocycles. The summed E-state index contributed by atoms with van der Waals surface area (Å²) in [5.74, 6) is 0. The molecule has 0 saturated heterocycles. The Bertz CT molecular complexity index is 746. The molecule has 1 heterocycles. The average Bonchev–Trinajstić information content (AvgIpc) is 2.46. The van der Waals surface area contributed by atoms with Gasteiger partial charge in [0.05, 0.1) is 11.6 Å². The highest BCUT2D eigenvalue weighted by atomic mass is 35.5. The van der Waals surface area contributed by atoms with E-state index in [1.165, 1.54) is 0 Å². The Hall–Kier alpha value is -1.61. The van der Waals surface area contributed by atoms with Crippen LogP contribution < -0.4 is 5.73 Å². The molecule has 0 fully saturated rings.